The minimum atomic E-state index is -1.15. The Morgan fingerprint density at radius 1 is 0.808 bits per heavy atom. The normalized spacial score (nSPS) is 18.8. The third-order valence-corrected chi connectivity index (χ3v) is 5.02. The fourth-order valence-corrected chi connectivity index (χ4v) is 3.91. The molecule has 26 heavy (non-hydrogen) atoms. The molecule has 0 saturated heterocycles. The lowest BCUT2D eigenvalue weighted by atomic mass is 9.66. The number of hydrogen-bond donors (Lipinski definition) is 0. The van der Waals surface area contributed by atoms with Gasteiger partial charge in [0.1, 0.15) is 0 Å². The van der Waals surface area contributed by atoms with Crippen molar-refractivity contribution in [2.45, 2.75) is 5.41 Å². The number of aromatic nitrogens is 2. The molecule has 0 radical (unpaired) electrons. The molecular weight excluding hydrogens is 324 g/mol. The maximum atomic E-state index is 13.4. The van der Waals surface area contributed by atoms with Gasteiger partial charge in [0.05, 0.1) is 0 Å². The van der Waals surface area contributed by atoms with Crippen molar-refractivity contribution in [1.29, 1.82) is 0 Å². The van der Waals surface area contributed by atoms with Crippen molar-refractivity contribution in [3.05, 3.63) is 102 Å². The van der Waals surface area contributed by atoms with Crippen molar-refractivity contribution < 1.29 is 9.21 Å². The Hall–Kier alpha value is -3.53. The van der Waals surface area contributed by atoms with Crippen LogP contribution in [-0.2, 0) is 10.2 Å². The Morgan fingerprint density at radius 3 is 2.46 bits per heavy atom. The first-order valence-corrected chi connectivity index (χ1v) is 8.39. The van der Waals surface area contributed by atoms with Crippen LogP contribution in [0.15, 0.2) is 83.6 Å². The summed E-state index contributed by atoms with van der Waals surface area (Å²) in [5.74, 6) is 0.201. The second-order valence-electron chi connectivity index (χ2n) is 6.31. The quantitative estimate of drug-likeness (QED) is 0.551. The monoisotopic (exact) mass is 338 g/mol. The molecule has 4 nitrogen and oxygen atoms in total. The molecule has 1 unspecified atom stereocenters. The third kappa shape index (κ3) is 1.87. The molecule has 4 heteroatoms. The number of allylic oxidation sites excluding steroid dienone is 1. The van der Waals surface area contributed by atoms with Crippen LogP contribution < -0.4 is 0 Å². The van der Waals surface area contributed by atoms with Crippen molar-refractivity contribution in [1.82, 2.24) is 10.2 Å². The van der Waals surface area contributed by atoms with E-state index in [9.17, 15) is 4.79 Å². The van der Waals surface area contributed by atoms with Gasteiger partial charge in [0.25, 0.3) is 0 Å². The molecule has 0 bridgehead atoms. The summed E-state index contributed by atoms with van der Waals surface area (Å²) >= 11 is 0. The summed E-state index contributed by atoms with van der Waals surface area (Å²) in [6, 6.07) is 21.8. The van der Waals surface area contributed by atoms with Crippen LogP contribution in [0, 0.1) is 0 Å². The van der Waals surface area contributed by atoms with Gasteiger partial charge < -0.3 is 4.42 Å². The average Bonchev–Trinajstić information content (AvgIpc) is 3.23. The van der Waals surface area contributed by atoms with Gasteiger partial charge in [-0.3, -0.25) is 4.79 Å². The molecule has 1 aliphatic carbocycles. The Labute approximate surface area is 149 Å². The van der Waals surface area contributed by atoms with Crippen molar-refractivity contribution in [2.75, 3.05) is 0 Å². The molecule has 1 aliphatic rings. The van der Waals surface area contributed by atoms with Crippen LogP contribution in [-0.4, -0.2) is 16.0 Å². The van der Waals surface area contributed by atoms with Crippen LogP contribution in [0.2, 0.25) is 0 Å². The number of nitrogens with zero attached hydrogens (tertiary/aromatic N) is 2. The SMILES string of the molecule is O=C1C=Cc2ccccc2C1(c1nnco1)c1cccc2ccccc12. The zero-order valence-corrected chi connectivity index (χ0v) is 13.8. The molecule has 0 saturated carbocycles. The predicted octanol–water partition coefficient (Wildman–Crippen LogP) is 4.15. The Bertz CT molecular complexity index is 1160. The number of carbonyl (C=O) groups is 1. The van der Waals surface area contributed by atoms with Gasteiger partial charge in [-0.1, -0.05) is 72.8 Å². The fraction of sp³-hybridized carbons (Fsp3) is 0.0455. The molecule has 5 rings (SSSR count). The molecule has 0 amide bonds. The Balaban J connectivity index is 1.97. The first-order valence-electron chi connectivity index (χ1n) is 8.39. The summed E-state index contributed by atoms with van der Waals surface area (Å²) in [6.45, 7) is 0. The van der Waals surface area contributed by atoms with Crippen molar-refractivity contribution in [2.24, 2.45) is 0 Å². The lowest BCUT2D eigenvalue weighted by Crippen LogP contribution is -2.40. The second kappa shape index (κ2) is 5.49. The summed E-state index contributed by atoms with van der Waals surface area (Å²) < 4.78 is 5.63. The minimum Gasteiger partial charge on any atom is -0.426 e. The minimum absolute atomic E-state index is 0.0863. The molecule has 4 aromatic rings. The van der Waals surface area contributed by atoms with Gasteiger partial charge in [-0.25, -0.2) is 0 Å². The summed E-state index contributed by atoms with van der Waals surface area (Å²) in [5, 5.41) is 10.1. The molecule has 124 valence electrons. The molecule has 0 fully saturated rings. The summed E-state index contributed by atoms with van der Waals surface area (Å²) in [6.07, 6.45) is 4.72. The molecule has 0 aliphatic heterocycles. The van der Waals surface area contributed by atoms with E-state index in [1.54, 1.807) is 6.08 Å². The average molecular weight is 338 g/mol. The van der Waals surface area contributed by atoms with Crippen molar-refractivity contribution in [3.8, 4) is 0 Å². The molecule has 1 atom stereocenters. The number of rotatable bonds is 2. The summed E-state index contributed by atoms with van der Waals surface area (Å²) in [7, 11) is 0. The van der Waals surface area contributed by atoms with Gasteiger partial charge in [0, 0.05) is 0 Å². The van der Waals surface area contributed by atoms with Crippen LogP contribution in [0.4, 0.5) is 0 Å². The van der Waals surface area contributed by atoms with E-state index in [4.69, 9.17) is 4.42 Å². The van der Waals surface area contributed by atoms with Gasteiger partial charge in [0.2, 0.25) is 12.3 Å². The number of fused-ring (bicyclic) bond motifs is 2. The zero-order valence-electron chi connectivity index (χ0n) is 13.8. The van der Waals surface area contributed by atoms with E-state index in [1.165, 1.54) is 6.39 Å². The van der Waals surface area contributed by atoms with Crippen LogP contribution in [0.25, 0.3) is 16.8 Å². The number of ketones is 1. The molecule has 1 heterocycles. The van der Waals surface area contributed by atoms with E-state index in [2.05, 4.69) is 10.2 Å². The van der Waals surface area contributed by atoms with Gasteiger partial charge >= 0.3 is 0 Å². The maximum absolute atomic E-state index is 13.4. The first kappa shape index (κ1) is 14.8. The Morgan fingerprint density at radius 2 is 1.58 bits per heavy atom. The molecular formula is C22H14N2O2. The smallest absolute Gasteiger partial charge is 0.239 e. The van der Waals surface area contributed by atoms with E-state index >= 15 is 0 Å². The largest absolute Gasteiger partial charge is 0.426 e. The first-order chi connectivity index (χ1) is 12.8. The number of carbonyl (C=O) groups excluding carboxylic acids is 1. The highest BCUT2D eigenvalue weighted by molar-refractivity contribution is 6.11. The molecule has 1 aromatic heterocycles. The topological polar surface area (TPSA) is 56.0 Å². The van der Waals surface area contributed by atoms with Crippen molar-refractivity contribution in [3.63, 3.8) is 0 Å². The second-order valence-corrected chi connectivity index (χ2v) is 6.31. The van der Waals surface area contributed by atoms with Crippen molar-refractivity contribution >= 4 is 22.6 Å². The predicted molar refractivity (Wildman–Crippen MR) is 98.6 cm³/mol. The van der Waals surface area contributed by atoms with Gasteiger partial charge in [-0.05, 0) is 33.5 Å². The van der Waals surface area contributed by atoms with E-state index < -0.39 is 5.41 Å². The van der Waals surface area contributed by atoms with Gasteiger partial charge in [-0.15, -0.1) is 10.2 Å². The maximum Gasteiger partial charge on any atom is 0.239 e. The number of benzene rings is 3. The van der Waals surface area contributed by atoms with E-state index in [0.717, 1.165) is 27.5 Å². The lowest BCUT2D eigenvalue weighted by molar-refractivity contribution is -0.118. The zero-order chi connectivity index (χ0) is 17.6. The summed E-state index contributed by atoms with van der Waals surface area (Å²) in [5.41, 5.74) is 1.52. The van der Waals surface area contributed by atoms with Gasteiger partial charge in [-0.2, -0.15) is 0 Å². The van der Waals surface area contributed by atoms with E-state index in [0.29, 0.717) is 0 Å². The standard InChI is InChI=1S/C22H14N2O2/c25-20-13-12-16-7-2-4-10-18(16)22(20,21-24-23-14-26-21)19-11-5-8-15-6-1-3-9-17(15)19/h1-14H. The highest BCUT2D eigenvalue weighted by Gasteiger charge is 2.50. The third-order valence-electron chi connectivity index (χ3n) is 5.02. The number of hydrogen-bond acceptors (Lipinski definition) is 4. The molecule has 3 aromatic carbocycles. The molecule has 0 spiro atoms. The Kier molecular flexibility index (Phi) is 3.12. The van der Waals surface area contributed by atoms with Crippen LogP contribution >= 0.6 is 0 Å². The van der Waals surface area contributed by atoms with E-state index in [-0.39, 0.29) is 11.7 Å². The lowest BCUT2D eigenvalue weighted by Gasteiger charge is -2.33. The summed E-state index contributed by atoms with van der Waals surface area (Å²) in [4.78, 5) is 13.4. The van der Waals surface area contributed by atoms with Crippen LogP contribution in [0.5, 0.6) is 0 Å². The molecule has 0 N–H and O–H groups in total. The van der Waals surface area contributed by atoms with Crippen LogP contribution in [0.3, 0.4) is 0 Å². The van der Waals surface area contributed by atoms with Crippen LogP contribution in [0.1, 0.15) is 22.6 Å². The fourth-order valence-electron chi connectivity index (χ4n) is 3.91. The highest BCUT2D eigenvalue weighted by Crippen LogP contribution is 2.45. The highest BCUT2D eigenvalue weighted by atomic mass is 16.4. The van der Waals surface area contributed by atoms with E-state index in [1.807, 2.05) is 72.8 Å². The van der Waals surface area contributed by atoms with Gasteiger partial charge in [0.15, 0.2) is 11.2 Å².